The van der Waals surface area contributed by atoms with Crippen molar-refractivity contribution in [2.45, 2.75) is 6.54 Å². The summed E-state index contributed by atoms with van der Waals surface area (Å²) >= 11 is 12.0. The molecule has 0 aliphatic carbocycles. The van der Waals surface area contributed by atoms with E-state index in [4.69, 9.17) is 28.9 Å². The predicted octanol–water partition coefficient (Wildman–Crippen LogP) is 3.37. The molecular formula is C13H10Cl2N4. The molecule has 6 heteroatoms. The van der Waals surface area contributed by atoms with Gasteiger partial charge in [-0.2, -0.15) is 0 Å². The smallest absolute Gasteiger partial charge is 0.201 e. The number of nitrogens with two attached hydrogens (primary N) is 1. The third-order valence-electron chi connectivity index (χ3n) is 2.87. The lowest BCUT2D eigenvalue weighted by molar-refractivity contribution is 0.809. The van der Waals surface area contributed by atoms with E-state index in [0.717, 1.165) is 16.7 Å². The van der Waals surface area contributed by atoms with Crippen molar-refractivity contribution in [2.75, 3.05) is 5.73 Å². The maximum atomic E-state index is 6.04. The molecule has 0 aliphatic heterocycles. The minimum absolute atomic E-state index is 0.416. The van der Waals surface area contributed by atoms with Crippen LogP contribution in [0.4, 0.5) is 5.95 Å². The fraction of sp³-hybridized carbons (Fsp3) is 0.0769. The van der Waals surface area contributed by atoms with Crippen LogP contribution in [0.3, 0.4) is 0 Å². The van der Waals surface area contributed by atoms with Crippen molar-refractivity contribution in [3.05, 3.63) is 52.3 Å². The number of nitrogen functional groups attached to an aromatic ring is 1. The highest BCUT2D eigenvalue weighted by Crippen LogP contribution is 2.29. The maximum absolute atomic E-state index is 6.04. The van der Waals surface area contributed by atoms with Gasteiger partial charge in [-0.25, -0.2) is 4.98 Å². The van der Waals surface area contributed by atoms with Gasteiger partial charge in [0.05, 0.1) is 33.3 Å². The van der Waals surface area contributed by atoms with E-state index < -0.39 is 0 Å². The fourth-order valence-electron chi connectivity index (χ4n) is 1.96. The van der Waals surface area contributed by atoms with Crippen LogP contribution in [0.15, 0.2) is 36.5 Å². The van der Waals surface area contributed by atoms with E-state index in [-0.39, 0.29) is 0 Å². The number of hydrogen-bond donors (Lipinski definition) is 1. The number of halogens is 2. The molecule has 1 aromatic carbocycles. The molecule has 2 N–H and O–H groups in total. The Kier molecular flexibility index (Phi) is 3.05. The first kappa shape index (κ1) is 12.3. The van der Waals surface area contributed by atoms with Gasteiger partial charge in [0.15, 0.2) is 0 Å². The lowest BCUT2D eigenvalue weighted by atomic mass is 10.3. The average Bonchev–Trinajstić information content (AvgIpc) is 2.68. The molecule has 96 valence electrons. The summed E-state index contributed by atoms with van der Waals surface area (Å²) in [6.45, 7) is 0.543. The van der Waals surface area contributed by atoms with E-state index in [1.165, 1.54) is 0 Å². The Morgan fingerprint density at radius 2 is 1.95 bits per heavy atom. The molecule has 3 aromatic rings. The molecule has 3 rings (SSSR count). The van der Waals surface area contributed by atoms with Crippen molar-refractivity contribution in [3.8, 4) is 0 Å². The van der Waals surface area contributed by atoms with E-state index in [1.807, 2.05) is 22.8 Å². The third kappa shape index (κ3) is 2.25. The molecule has 4 nitrogen and oxygen atoms in total. The monoisotopic (exact) mass is 292 g/mol. The molecule has 0 radical (unpaired) electrons. The van der Waals surface area contributed by atoms with Gasteiger partial charge in [-0.05, 0) is 24.3 Å². The molecular weight excluding hydrogens is 283 g/mol. The summed E-state index contributed by atoms with van der Waals surface area (Å²) in [4.78, 5) is 8.56. The summed E-state index contributed by atoms with van der Waals surface area (Å²) in [5.41, 5.74) is 8.41. The number of pyridine rings is 1. The van der Waals surface area contributed by atoms with Crippen LogP contribution in [0.1, 0.15) is 5.69 Å². The van der Waals surface area contributed by atoms with Gasteiger partial charge in [-0.15, -0.1) is 0 Å². The zero-order valence-corrected chi connectivity index (χ0v) is 11.4. The highest BCUT2D eigenvalue weighted by atomic mass is 35.5. The zero-order chi connectivity index (χ0) is 13.4. The van der Waals surface area contributed by atoms with Gasteiger partial charge >= 0.3 is 0 Å². The lowest BCUT2D eigenvalue weighted by Gasteiger charge is -2.06. The van der Waals surface area contributed by atoms with Gasteiger partial charge in [-0.3, -0.25) is 4.98 Å². The molecule has 2 aromatic heterocycles. The molecule has 0 bridgehead atoms. The highest BCUT2D eigenvalue weighted by Gasteiger charge is 2.11. The molecule has 0 fully saturated rings. The molecule has 0 aliphatic rings. The molecule has 2 heterocycles. The maximum Gasteiger partial charge on any atom is 0.201 e. The lowest BCUT2D eigenvalue weighted by Crippen LogP contribution is -2.05. The fourth-order valence-corrected chi connectivity index (χ4v) is 2.27. The van der Waals surface area contributed by atoms with Crippen LogP contribution in [0.25, 0.3) is 11.0 Å². The standard InChI is InChI=1S/C13H10Cl2N4/c14-9-5-11-12(6-10(9)15)19(13(16)18-11)7-8-3-1-2-4-17-8/h1-6H,7H2,(H2,16,18). The predicted molar refractivity (Wildman–Crippen MR) is 77.5 cm³/mol. The minimum Gasteiger partial charge on any atom is -0.369 e. The minimum atomic E-state index is 0.416. The Morgan fingerprint density at radius 1 is 1.16 bits per heavy atom. The van der Waals surface area contributed by atoms with E-state index >= 15 is 0 Å². The quantitative estimate of drug-likeness (QED) is 0.788. The number of rotatable bonds is 2. The summed E-state index contributed by atoms with van der Waals surface area (Å²) in [7, 11) is 0. The molecule has 0 saturated heterocycles. The van der Waals surface area contributed by atoms with Crippen LogP contribution in [0.2, 0.25) is 10.0 Å². The summed E-state index contributed by atoms with van der Waals surface area (Å²) in [5, 5.41) is 0.952. The number of imidazole rings is 1. The second kappa shape index (κ2) is 4.72. The Balaban J connectivity index is 2.13. The van der Waals surface area contributed by atoms with Crippen molar-refractivity contribution in [1.29, 1.82) is 0 Å². The van der Waals surface area contributed by atoms with Crippen molar-refractivity contribution >= 4 is 40.2 Å². The Labute approximate surface area is 119 Å². The molecule has 0 unspecified atom stereocenters. The van der Waals surface area contributed by atoms with Crippen molar-refractivity contribution in [2.24, 2.45) is 0 Å². The van der Waals surface area contributed by atoms with Crippen LogP contribution in [0.5, 0.6) is 0 Å². The largest absolute Gasteiger partial charge is 0.369 e. The Bertz CT molecular complexity index is 737. The van der Waals surface area contributed by atoms with E-state index in [0.29, 0.717) is 22.5 Å². The van der Waals surface area contributed by atoms with Gasteiger partial charge in [0.1, 0.15) is 0 Å². The van der Waals surface area contributed by atoms with Crippen LogP contribution in [0, 0.1) is 0 Å². The van der Waals surface area contributed by atoms with Crippen LogP contribution in [-0.4, -0.2) is 14.5 Å². The molecule has 0 saturated carbocycles. The number of nitrogens with zero attached hydrogens (tertiary/aromatic N) is 3. The van der Waals surface area contributed by atoms with Crippen molar-refractivity contribution in [3.63, 3.8) is 0 Å². The number of hydrogen-bond acceptors (Lipinski definition) is 3. The summed E-state index contributed by atoms with van der Waals surface area (Å²) in [5.74, 6) is 0.416. The van der Waals surface area contributed by atoms with Crippen LogP contribution >= 0.6 is 23.2 Å². The number of aromatic nitrogens is 3. The van der Waals surface area contributed by atoms with Crippen LogP contribution in [-0.2, 0) is 6.54 Å². The summed E-state index contributed by atoms with van der Waals surface area (Å²) in [6, 6.07) is 9.22. The second-order valence-electron chi connectivity index (χ2n) is 4.13. The summed E-state index contributed by atoms with van der Waals surface area (Å²) < 4.78 is 1.86. The second-order valence-corrected chi connectivity index (χ2v) is 4.95. The molecule has 0 atom stereocenters. The zero-order valence-electron chi connectivity index (χ0n) is 9.85. The average molecular weight is 293 g/mol. The van der Waals surface area contributed by atoms with E-state index in [1.54, 1.807) is 18.3 Å². The molecule has 19 heavy (non-hydrogen) atoms. The van der Waals surface area contributed by atoms with E-state index in [9.17, 15) is 0 Å². The number of anilines is 1. The van der Waals surface area contributed by atoms with E-state index in [2.05, 4.69) is 9.97 Å². The third-order valence-corrected chi connectivity index (χ3v) is 3.59. The Hall–Kier alpha value is -1.78. The van der Waals surface area contributed by atoms with Crippen molar-refractivity contribution < 1.29 is 0 Å². The highest BCUT2D eigenvalue weighted by molar-refractivity contribution is 6.42. The first-order chi connectivity index (χ1) is 9.15. The number of fused-ring (bicyclic) bond motifs is 1. The molecule has 0 spiro atoms. The van der Waals surface area contributed by atoms with Gasteiger partial charge in [0, 0.05) is 6.20 Å². The molecule has 0 amide bonds. The van der Waals surface area contributed by atoms with Gasteiger partial charge in [0.25, 0.3) is 0 Å². The number of benzene rings is 1. The first-order valence-electron chi connectivity index (χ1n) is 5.66. The normalized spacial score (nSPS) is 11.1. The SMILES string of the molecule is Nc1nc2cc(Cl)c(Cl)cc2n1Cc1ccccn1. The van der Waals surface area contributed by atoms with Gasteiger partial charge in [-0.1, -0.05) is 29.3 Å². The topological polar surface area (TPSA) is 56.7 Å². The van der Waals surface area contributed by atoms with Gasteiger partial charge < -0.3 is 10.3 Å². The van der Waals surface area contributed by atoms with Gasteiger partial charge in [0.2, 0.25) is 5.95 Å². The Morgan fingerprint density at radius 3 is 2.68 bits per heavy atom. The first-order valence-corrected chi connectivity index (χ1v) is 6.41. The van der Waals surface area contributed by atoms with Crippen molar-refractivity contribution in [1.82, 2.24) is 14.5 Å². The summed E-state index contributed by atoms with van der Waals surface area (Å²) in [6.07, 6.45) is 1.74. The van der Waals surface area contributed by atoms with Crippen LogP contribution < -0.4 is 5.73 Å².